The highest BCUT2D eigenvalue weighted by Crippen LogP contribution is 2.35. The summed E-state index contributed by atoms with van der Waals surface area (Å²) in [5, 5.41) is 20.8. The van der Waals surface area contributed by atoms with Gasteiger partial charge in [-0.25, -0.2) is 0 Å². The van der Waals surface area contributed by atoms with E-state index in [1.807, 2.05) is 48.9 Å². The molecule has 0 aliphatic carbocycles. The molecular weight excluding hydrogens is 360 g/mol. The van der Waals surface area contributed by atoms with Crippen LogP contribution in [0.1, 0.15) is 17.7 Å². The summed E-state index contributed by atoms with van der Waals surface area (Å²) in [7, 11) is 1.90. The Morgan fingerprint density at radius 1 is 1.20 bits per heavy atom. The third-order valence-corrected chi connectivity index (χ3v) is 5.21. The Balaban J connectivity index is 1.83. The topological polar surface area (TPSA) is 73.8 Å². The Kier molecular flexibility index (Phi) is 5.06. The molecule has 1 aromatic heterocycles. The Hall–Kier alpha value is -2.38. The van der Waals surface area contributed by atoms with Crippen LogP contribution in [0, 0.1) is 10.1 Å². The first-order valence-corrected chi connectivity index (χ1v) is 8.78. The van der Waals surface area contributed by atoms with Crippen LogP contribution in [-0.4, -0.2) is 19.7 Å². The van der Waals surface area contributed by atoms with Crippen molar-refractivity contribution in [2.45, 2.75) is 17.3 Å². The highest BCUT2D eigenvalue weighted by molar-refractivity contribution is 7.99. The SMILES string of the molecule is C[C@H](Sc1nnc(-c2ccc(Cl)cc2)n1C)c1cccc([N+](=O)[O-])c1. The Morgan fingerprint density at radius 3 is 2.60 bits per heavy atom. The van der Waals surface area contributed by atoms with Gasteiger partial charge in [-0.3, -0.25) is 10.1 Å². The number of aromatic nitrogens is 3. The maximum absolute atomic E-state index is 10.9. The molecule has 1 heterocycles. The average Bonchev–Trinajstić information content (AvgIpc) is 2.96. The summed E-state index contributed by atoms with van der Waals surface area (Å²) < 4.78 is 1.90. The average molecular weight is 375 g/mol. The van der Waals surface area contributed by atoms with Gasteiger partial charge in [0.05, 0.1) is 4.92 Å². The van der Waals surface area contributed by atoms with E-state index in [1.54, 1.807) is 12.1 Å². The molecule has 0 bridgehead atoms. The van der Waals surface area contributed by atoms with Crippen LogP contribution < -0.4 is 0 Å². The van der Waals surface area contributed by atoms with Crippen molar-refractivity contribution in [3.63, 3.8) is 0 Å². The van der Waals surface area contributed by atoms with Gasteiger partial charge < -0.3 is 4.57 Å². The van der Waals surface area contributed by atoms with Crippen molar-refractivity contribution in [3.8, 4) is 11.4 Å². The molecule has 6 nitrogen and oxygen atoms in total. The molecule has 0 N–H and O–H groups in total. The predicted molar refractivity (Wildman–Crippen MR) is 98.8 cm³/mol. The number of nitro benzene ring substituents is 1. The molecule has 128 valence electrons. The van der Waals surface area contributed by atoms with Crippen molar-refractivity contribution in [1.29, 1.82) is 0 Å². The monoisotopic (exact) mass is 374 g/mol. The van der Waals surface area contributed by atoms with E-state index in [0.29, 0.717) is 5.02 Å². The van der Waals surface area contributed by atoms with Crippen molar-refractivity contribution in [2.75, 3.05) is 0 Å². The molecule has 2 aromatic carbocycles. The van der Waals surface area contributed by atoms with E-state index in [-0.39, 0.29) is 15.9 Å². The van der Waals surface area contributed by atoms with Crippen molar-refractivity contribution >= 4 is 29.1 Å². The van der Waals surface area contributed by atoms with Crippen LogP contribution in [0.5, 0.6) is 0 Å². The van der Waals surface area contributed by atoms with E-state index >= 15 is 0 Å². The van der Waals surface area contributed by atoms with E-state index in [4.69, 9.17) is 11.6 Å². The second kappa shape index (κ2) is 7.25. The van der Waals surface area contributed by atoms with E-state index in [0.717, 1.165) is 22.1 Å². The van der Waals surface area contributed by atoms with Gasteiger partial charge in [0.2, 0.25) is 0 Å². The van der Waals surface area contributed by atoms with Gasteiger partial charge in [0.15, 0.2) is 11.0 Å². The minimum Gasteiger partial charge on any atom is -0.305 e. The highest BCUT2D eigenvalue weighted by atomic mass is 35.5. The van der Waals surface area contributed by atoms with Crippen LogP contribution >= 0.6 is 23.4 Å². The maximum Gasteiger partial charge on any atom is 0.269 e. The number of thioether (sulfide) groups is 1. The van der Waals surface area contributed by atoms with Crippen molar-refractivity contribution in [2.24, 2.45) is 7.05 Å². The largest absolute Gasteiger partial charge is 0.305 e. The van der Waals surface area contributed by atoms with Crippen molar-refractivity contribution in [3.05, 3.63) is 69.2 Å². The minimum absolute atomic E-state index is 0.000804. The van der Waals surface area contributed by atoms with Gasteiger partial charge in [-0.05, 0) is 36.8 Å². The first-order chi connectivity index (χ1) is 12.0. The molecule has 0 saturated carbocycles. The zero-order valence-electron chi connectivity index (χ0n) is 13.6. The third kappa shape index (κ3) is 3.83. The lowest BCUT2D eigenvalue weighted by Gasteiger charge is -2.11. The molecule has 3 rings (SSSR count). The van der Waals surface area contributed by atoms with Gasteiger partial charge >= 0.3 is 0 Å². The molecule has 1 atom stereocenters. The maximum atomic E-state index is 10.9. The molecular formula is C17H15ClN4O2S. The van der Waals surface area contributed by atoms with Crippen LogP contribution in [0.2, 0.25) is 5.02 Å². The number of hydrogen-bond donors (Lipinski definition) is 0. The number of hydrogen-bond acceptors (Lipinski definition) is 5. The molecule has 0 aliphatic heterocycles. The van der Waals surface area contributed by atoms with E-state index in [9.17, 15) is 10.1 Å². The normalized spacial score (nSPS) is 12.1. The fraction of sp³-hybridized carbons (Fsp3) is 0.176. The highest BCUT2D eigenvalue weighted by Gasteiger charge is 2.17. The van der Waals surface area contributed by atoms with Crippen molar-refractivity contribution in [1.82, 2.24) is 14.8 Å². The van der Waals surface area contributed by atoms with Crippen LogP contribution in [-0.2, 0) is 7.05 Å². The van der Waals surface area contributed by atoms with Crippen LogP contribution in [0.4, 0.5) is 5.69 Å². The second-order valence-electron chi connectivity index (χ2n) is 5.48. The first kappa shape index (κ1) is 17.4. The molecule has 8 heteroatoms. The summed E-state index contributed by atoms with van der Waals surface area (Å²) >= 11 is 7.42. The zero-order chi connectivity index (χ0) is 18.0. The first-order valence-electron chi connectivity index (χ1n) is 7.52. The lowest BCUT2D eigenvalue weighted by atomic mass is 10.1. The summed E-state index contributed by atoms with van der Waals surface area (Å²) in [4.78, 5) is 10.5. The second-order valence-corrected chi connectivity index (χ2v) is 7.23. The fourth-order valence-electron chi connectivity index (χ4n) is 2.39. The fourth-order valence-corrected chi connectivity index (χ4v) is 3.44. The van der Waals surface area contributed by atoms with Gasteiger partial charge in [-0.1, -0.05) is 35.5 Å². The lowest BCUT2D eigenvalue weighted by molar-refractivity contribution is -0.384. The van der Waals surface area contributed by atoms with Crippen molar-refractivity contribution < 1.29 is 4.92 Å². The van der Waals surface area contributed by atoms with Crippen LogP contribution in [0.15, 0.2) is 53.7 Å². The van der Waals surface area contributed by atoms with Gasteiger partial charge in [0.1, 0.15) is 0 Å². The van der Waals surface area contributed by atoms with Gasteiger partial charge in [0, 0.05) is 35.0 Å². The van der Waals surface area contributed by atoms with Gasteiger partial charge in [-0.2, -0.15) is 0 Å². The summed E-state index contributed by atoms with van der Waals surface area (Å²) in [6.07, 6.45) is 0. The zero-order valence-corrected chi connectivity index (χ0v) is 15.2. The van der Waals surface area contributed by atoms with Crippen LogP contribution in [0.3, 0.4) is 0 Å². The number of rotatable bonds is 5. The number of nitro groups is 1. The molecule has 0 amide bonds. The predicted octanol–water partition coefficient (Wildman–Crippen LogP) is 4.90. The third-order valence-electron chi connectivity index (χ3n) is 3.77. The van der Waals surface area contributed by atoms with Gasteiger partial charge in [0.25, 0.3) is 5.69 Å². The summed E-state index contributed by atoms with van der Waals surface area (Å²) in [5.41, 5.74) is 1.88. The molecule has 0 aliphatic rings. The molecule has 0 radical (unpaired) electrons. The summed E-state index contributed by atoms with van der Waals surface area (Å²) in [5.74, 6) is 0.741. The Labute approximate surface area is 154 Å². The Morgan fingerprint density at radius 2 is 1.92 bits per heavy atom. The van der Waals surface area contributed by atoms with Gasteiger partial charge in [-0.15, -0.1) is 10.2 Å². The molecule has 3 aromatic rings. The van der Waals surface area contributed by atoms with E-state index in [2.05, 4.69) is 10.2 Å². The Bertz CT molecular complexity index is 911. The minimum atomic E-state index is -0.387. The number of nitrogens with zero attached hydrogens (tertiary/aromatic N) is 4. The molecule has 0 spiro atoms. The smallest absolute Gasteiger partial charge is 0.269 e. The number of non-ortho nitro benzene ring substituents is 1. The molecule has 0 unspecified atom stereocenters. The van der Waals surface area contributed by atoms with Crippen LogP contribution in [0.25, 0.3) is 11.4 Å². The van der Waals surface area contributed by atoms with E-state index < -0.39 is 0 Å². The quantitative estimate of drug-likeness (QED) is 0.361. The summed E-state index contributed by atoms with van der Waals surface area (Å²) in [6.45, 7) is 1.99. The molecule has 0 fully saturated rings. The summed E-state index contributed by atoms with van der Waals surface area (Å²) in [6, 6.07) is 14.1. The standard InChI is InChI=1S/C17H15ClN4O2S/c1-11(13-4-3-5-15(10-13)22(23)24)25-17-20-19-16(21(17)2)12-6-8-14(18)9-7-12/h3-11H,1-2H3/t11-/m0/s1. The number of halogens is 1. The number of benzene rings is 2. The lowest BCUT2D eigenvalue weighted by Crippen LogP contribution is -1.97. The molecule has 0 saturated heterocycles. The molecule has 25 heavy (non-hydrogen) atoms. The van der Waals surface area contributed by atoms with E-state index in [1.165, 1.54) is 17.8 Å².